The Morgan fingerprint density at radius 2 is 2.00 bits per heavy atom. The third-order valence-corrected chi connectivity index (χ3v) is 5.50. The lowest BCUT2D eigenvalue weighted by molar-refractivity contribution is 0.921. The molecular weight excluding hydrogens is 340 g/mol. The minimum Gasteiger partial charge on any atom is -0.277 e. The van der Waals surface area contributed by atoms with Gasteiger partial charge in [-0.2, -0.15) is 0 Å². The number of aromatic nitrogens is 4. The molecule has 1 aromatic carbocycles. The van der Waals surface area contributed by atoms with Crippen LogP contribution in [0.1, 0.15) is 16.7 Å². The first-order valence-corrected chi connectivity index (χ1v) is 8.98. The van der Waals surface area contributed by atoms with Gasteiger partial charge in [0.25, 0.3) is 0 Å². The Bertz CT molecular complexity index is 1060. The molecule has 0 aliphatic carbocycles. The zero-order valence-corrected chi connectivity index (χ0v) is 14.9. The number of benzene rings is 1. The number of halogens is 1. The summed E-state index contributed by atoms with van der Waals surface area (Å²) >= 11 is 8.02. The van der Waals surface area contributed by atoms with Crippen LogP contribution < -0.4 is 0 Å². The molecule has 0 amide bonds. The van der Waals surface area contributed by atoms with Crippen molar-refractivity contribution in [1.29, 1.82) is 0 Å². The zero-order chi connectivity index (χ0) is 16.7. The molecule has 0 saturated carbocycles. The van der Waals surface area contributed by atoms with Crippen LogP contribution in [0, 0.1) is 13.8 Å². The first-order chi connectivity index (χ1) is 11.6. The van der Waals surface area contributed by atoms with Gasteiger partial charge in [0.05, 0.1) is 5.52 Å². The maximum absolute atomic E-state index is 6.42. The molecule has 4 nitrogen and oxygen atoms in total. The summed E-state index contributed by atoms with van der Waals surface area (Å²) in [5.74, 6) is 0.699. The molecule has 0 N–H and O–H groups in total. The molecule has 4 aromatic rings. The van der Waals surface area contributed by atoms with Crippen LogP contribution in [-0.4, -0.2) is 19.6 Å². The lowest BCUT2D eigenvalue weighted by atomic mass is 10.0. The van der Waals surface area contributed by atoms with Gasteiger partial charge >= 0.3 is 0 Å². The summed E-state index contributed by atoms with van der Waals surface area (Å²) in [5.41, 5.74) is 5.22. The number of hydrogen-bond donors (Lipinski definition) is 0. The minimum absolute atomic E-state index is 0.553. The highest BCUT2D eigenvalue weighted by Crippen LogP contribution is 2.29. The standard InChI is InChI=1S/C18H15ClN4S/c1-11-6-7-13-9-14(17(19)20-16(13)12(11)2)10-24-18-22-21-15-5-3-4-8-23(15)18/h3-9H,10H2,1-2H3. The second kappa shape index (κ2) is 6.07. The highest BCUT2D eigenvalue weighted by atomic mass is 35.5. The highest BCUT2D eigenvalue weighted by molar-refractivity contribution is 7.98. The normalized spacial score (nSPS) is 11.5. The second-order valence-electron chi connectivity index (χ2n) is 5.72. The van der Waals surface area contributed by atoms with E-state index in [-0.39, 0.29) is 0 Å². The fraction of sp³-hybridized carbons (Fsp3) is 0.167. The summed E-state index contributed by atoms with van der Waals surface area (Å²) in [7, 11) is 0. The molecule has 0 radical (unpaired) electrons. The predicted octanol–water partition coefficient (Wildman–Crippen LogP) is 4.84. The van der Waals surface area contributed by atoms with Crippen LogP contribution in [-0.2, 0) is 5.75 Å². The lowest BCUT2D eigenvalue weighted by Gasteiger charge is -2.09. The Morgan fingerprint density at radius 1 is 1.12 bits per heavy atom. The molecule has 0 saturated heterocycles. The molecule has 0 fully saturated rings. The molecule has 6 heteroatoms. The summed E-state index contributed by atoms with van der Waals surface area (Å²) < 4.78 is 1.97. The minimum atomic E-state index is 0.553. The van der Waals surface area contributed by atoms with Crippen molar-refractivity contribution in [2.24, 2.45) is 0 Å². The molecule has 120 valence electrons. The Balaban J connectivity index is 1.67. The second-order valence-corrected chi connectivity index (χ2v) is 7.02. The molecule has 4 rings (SSSR count). The van der Waals surface area contributed by atoms with E-state index in [0.29, 0.717) is 10.9 Å². The summed E-state index contributed by atoms with van der Waals surface area (Å²) in [5, 5.41) is 10.9. The zero-order valence-electron chi connectivity index (χ0n) is 13.3. The van der Waals surface area contributed by atoms with Crippen molar-refractivity contribution in [3.63, 3.8) is 0 Å². The lowest BCUT2D eigenvalue weighted by Crippen LogP contribution is -1.93. The maximum atomic E-state index is 6.42. The smallest absolute Gasteiger partial charge is 0.195 e. The Labute approximate surface area is 148 Å². The van der Waals surface area contributed by atoms with E-state index in [1.165, 1.54) is 11.1 Å². The van der Waals surface area contributed by atoms with E-state index in [1.807, 2.05) is 28.8 Å². The van der Waals surface area contributed by atoms with Gasteiger partial charge in [-0.1, -0.05) is 41.6 Å². The van der Waals surface area contributed by atoms with E-state index in [9.17, 15) is 0 Å². The average Bonchev–Trinajstić information content (AvgIpc) is 3.00. The van der Waals surface area contributed by atoms with Gasteiger partial charge in [0.1, 0.15) is 5.15 Å². The molecule has 0 unspecified atom stereocenters. The van der Waals surface area contributed by atoms with Crippen molar-refractivity contribution in [1.82, 2.24) is 19.6 Å². The first-order valence-electron chi connectivity index (χ1n) is 7.61. The number of thioether (sulfide) groups is 1. The molecule has 0 aliphatic heterocycles. The molecule has 0 bridgehead atoms. The fourth-order valence-electron chi connectivity index (χ4n) is 2.67. The first kappa shape index (κ1) is 15.4. The number of nitrogens with zero attached hydrogens (tertiary/aromatic N) is 4. The molecule has 3 aromatic heterocycles. The third-order valence-electron chi connectivity index (χ3n) is 4.18. The summed E-state index contributed by atoms with van der Waals surface area (Å²) in [6.07, 6.45) is 1.96. The largest absolute Gasteiger partial charge is 0.277 e. The molecular formula is C18H15ClN4S. The molecule has 0 aliphatic rings. The van der Waals surface area contributed by atoms with E-state index in [1.54, 1.807) is 11.8 Å². The van der Waals surface area contributed by atoms with E-state index < -0.39 is 0 Å². The van der Waals surface area contributed by atoms with Crippen LogP contribution >= 0.6 is 23.4 Å². The monoisotopic (exact) mass is 354 g/mol. The van der Waals surface area contributed by atoms with Crippen LogP contribution in [0.5, 0.6) is 0 Å². The summed E-state index contributed by atoms with van der Waals surface area (Å²) in [4.78, 5) is 4.61. The van der Waals surface area contributed by atoms with Gasteiger partial charge in [-0.15, -0.1) is 10.2 Å². The number of fused-ring (bicyclic) bond motifs is 2. The van der Waals surface area contributed by atoms with Crippen LogP contribution in [0.2, 0.25) is 5.15 Å². The quantitative estimate of drug-likeness (QED) is 0.390. The van der Waals surface area contributed by atoms with Gasteiger partial charge in [0.15, 0.2) is 10.8 Å². The Kier molecular flexibility index (Phi) is 3.90. The average molecular weight is 355 g/mol. The van der Waals surface area contributed by atoms with Crippen LogP contribution in [0.25, 0.3) is 16.6 Å². The molecule has 3 heterocycles. The molecule has 24 heavy (non-hydrogen) atoms. The summed E-state index contributed by atoms with van der Waals surface area (Å²) in [6.45, 7) is 4.17. The SMILES string of the molecule is Cc1ccc2cc(CSc3nnc4ccccn34)c(Cl)nc2c1C. The van der Waals surface area contributed by atoms with E-state index in [4.69, 9.17) is 11.6 Å². The number of aryl methyl sites for hydroxylation is 2. The number of rotatable bonds is 3. The van der Waals surface area contributed by atoms with Crippen molar-refractivity contribution < 1.29 is 0 Å². The maximum Gasteiger partial charge on any atom is 0.195 e. The van der Waals surface area contributed by atoms with E-state index >= 15 is 0 Å². The molecule has 0 spiro atoms. The Hall–Kier alpha value is -2.11. The Morgan fingerprint density at radius 3 is 2.88 bits per heavy atom. The van der Waals surface area contributed by atoms with Crippen molar-refractivity contribution in [2.45, 2.75) is 24.8 Å². The van der Waals surface area contributed by atoms with Crippen LogP contribution in [0.4, 0.5) is 0 Å². The van der Waals surface area contributed by atoms with Gasteiger partial charge < -0.3 is 0 Å². The number of hydrogen-bond acceptors (Lipinski definition) is 4. The third kappa shape index (κ3) is 2.64. The van der Waals surface area contributed by atoms with E-state index in [0.717, 1.165) is 27.3 Å². The van der Waals surface area contributed by atoms with Gasteiger partial charge in [-0.3, -0.25) is 4.40 Å². The predicted molar refractivity (Wildman–Crippen MR) is 98.8 cm³/mol. The fourth-order valence-corrected chi connectivity index (χ4v) is 3.85. The number of pyridine rings is 2. The van der Waals surface area contributed by atoms with Gasteiger partial charge in [-0.05, 0) is 43.2 Å². The van der Waals surface area contributed by atoms with Gasteiger partial charge in [0.2, 0.25) is 0 Å². The van der Waals surface area contributed by atoms with Gasteiger partial charge in [0, 0.05) is 22.9 Å². The highest BCUT2D eigenvalue weighted by Gasteiger charge is 2.11. The molecule has 0 atom stereocenters. The summed E-state index contributed by atoms with van der Waals surface area (Å²) in [6, 6.07) is 12.2. The van der Waals surface area contributed by atoms with Crippen molar-refractivity contribution >= 4 is 39.9 Å². The van der Waals surface area contributed by atoms with Crippen molar-refractivity contribution in [3.8, 4) is 0 Å². The van der Waals surface area contributed by atoms with Gasteiger partial charge in [-0.25, -0.2) is 4.98 Å². The van der Waals surface area contributed by atoms with Crippen LogP contribution in [0.15, 0.2) is 47.8 Å². The van der Waals surface area contributed by atoms with Crippen molar-refractivity contribution in [2.75, 3.05) is 0 Å². The van der Waals surface area contributed by atoms with Crippen LogP contribution in [0.3, 0.4) is 0 Å². The topological polar surface area (TPSA) is 43.1 Å². The van der Waals surface area contributed by atoms with E-state index in [2.05, 4.69) is 47.2 Å². The van der Waals surface area contributed by atoms with Crippen molar-refractivity contribution in [3.05, 3.63) is 64.4 Å².